The van der Waals surface area contributed by atoms with Crippen LogP contribution in [0.25, 0.3) is 0 Å². The molecule has 6 heteroatoms. The smallest absolute Gasteiger partial charge is 0.224 e. The number of nitrogens with one attached hydrogen (secondary N) is 2. The second-order valence-corrected chi connectivity index (χ2v) is 9.95. The highest BCUT2D eigenvalue weighted by atomic mass is 32.1. The first kappa shape index (κ1) is 25.3. The lowest BCUT2D eigenvalue weighted by Crippen LogP contribution is -2.44. The molecule has 0 bridgehead atoms. The van der Waals surface area contributed by atoms with Crippen LogP contribution in [0.4, 0.5) is 0 Å². The van der Waals surface area contributed by atoms with Crippen molar-refractivity contribution in [3.63, 3.8) is 0 Å². The van der Waals surface area contributed by atoms with E-state index >= 15 is 0 Å². The number of hydrogen-bond donors (Lipinski definition) is 3. The molecule has 0 radical (unpaired) electrons. The van der Waals surface area contributed by atoms with E-state index < -0.39 is 0 Å². The minimum absolute atomic E-state index is 0.0243. The Labute approximate surface area is 202 Å². The van der Waals surface area contributed by atoms with Crippen LogP contribution in [-0.2, 0) is 11.2 Å². The van der Waals surface area contributed by atoms with Crippen molar-refractivity contribution in [3.05, 3.63) is 52.2 Å². The fraction of sp³-hybridized carbons (Fsp3) is 0.519. The number of amides is 1. The Balaban J connectivity index is 1.35. The third-order valence-corrected chi connectivity index (χ3v) is 7.08. The molecule has 4 N–H and O–H groups in total. The van der Waals surface area contributed by atoms with Gasteiger partial charge in [0.05, 0.1) is 5.92 Å². The summed E-state index contributed by atoms with van der Waals surface area (Å²) in [5.41, 5.74) is 7.34. The fourth-order valence-corrected chi connectivity index (χ4v) is 4.86. The van der Waals surface area contributed by atoms with E-state index in [2.05, 4.69) is 46.9 Å². The molecule has 3 atom stereocenters. The summed E-state index contributed by atoms with van der Waals surface area (Å²) in [5, 5.41) is 8.45. The van der Waals surface area contributed by atoms with Crippen LogP contribution in [0.3, 0.4) is 0 Å². The van der Waals surface area contributed by atoms with E-state index in [1.165, 1.54) is 4.88 Å². The van der Waals surface area contributed by atoms with Crippen LogP contribution in [0.1, 0.15) is 50.0 Å². The quantitative estimate of drug-likeness (QED) is 0.365. The maximum Gasteiger partial charge on any atom is 0.224 e. The van der Waals surface area contributed by atoms with Crippen LogP contribution in [0.15, 0.2) is 41.8 Å². The molecular weight excluding hydrogens is 430 g/mol. The zero-order valence-electron chi connectivity index (χ0n) is 19.8. The van der Waals surface area contributed by atoms with Crippen LogP contribution in [0.2, 0.25) is 0 Å². The number of piperidine rings is 1. The molecule has 5 nitrogen and oxygen atoms in total. The molecule has 0 saturated carbocycles. The van der Waals surface area contributed by atoms with E-state index in [4.69, 9.17) is 10.5 Å². The molecule has 2 heterocycles. The summed E-state index contributed by atoms with van der Waals surface area (Å²) in [7, 11) is 0. The monoisotopic (exact) mass is 467 g/mol. The number of unbranched alkanes of at least 4 members (excludes halogenated alkanes) is 1. The van der Waals surface area contributed by atoms with E-state index in [1.54, 1.807) is 11.3 Å². The van der Waals surface area contributed by atoms with Gasteiger partial charge in [-0.25, -0.2) is 0 Å². The van der Waals surface area contributed by atoms with Gasteiger partial charge in [0.25, 0.3) is 0 Å². The number of thiophene rings is 1. The van der Waals surface area contributed by atoms with Gasteiger partial charge >= 0.3 is 0 Å². The molecule has 1 aliphatic rings. The molecule has 0 aliphatic carbocycles. The van der Waals surface area contributed by atoms with Crippen LogP contribution in [0.5, 0.6) is 5.75 Å². The molecule has 1 saturated heterocycles. The zero-order chi connectivity index (χ0) is 23.5. The molecule has 0 spiro atoms. The molecule has 2 aromatic rings. The van der Waals surface area contributed by atoms with Gasteiger partial charge < -0.3 is 21.1 Å². The predicted octanol–water partition coefficient (Wildman–Crippen LogP) is 3.97. The van der Waals surface area contributed by atoms with Crippen molar-refractivity contribution >= 4 is 17.2 Å². The highest BCUT2D eigenvalue weighted by molar-refractivity contribution is 7.09. The summed E-state index contributed by atoms with van der Waals surface area (Å²) in [6, 6.07) is 12.0. The van der Waals surface area contributed by atoms with Crippen LogP contribution < -0.4 is 21.1 Å². The number of hydrogen-bond acceptors (Lipinski definition) is 5. The second kappa shape index (κ2) is 13.4. The van der Waals surface area contributed by atoms with Gasteiger partial charge in [-0.3, -0.25) is 4.79 Å². The second-order valence-electron chi connectivity index (χ2n) is 8.92. The Morgan fingerprint density at radius 3 is 2.85 bits per heavy atom. The van der Waals surface area contributed by atoms with E-state index in [0.29, 0.717) is 6.54 Å². The Hall–Kier alpha value is -2.33. The van der Waals surface area contributed by atoms with Gasteiger partial charge in [0.15, 0.2) is 0 Å². The minimum atomic E-state index is -0.214. The van der Waals surface area contributed by atoms with E-state index in [9.17, 15) is 4.79 Å². The van der Waals surface area contributed by atoms with Crippen molar-refractivity contribution in [2.45, 2.75) is 58.1 Å². The highest BCUT2D eigenvalue weighted by Crippen LogP contribution is 2.20. The number of carbonyl (C=O) groups excluding carboxylic acids is 1. The predicted molar refractivity (Wildman–Crippen MR) is 136 cm³/mol. The molecule has 3 rings (SSSR count). The normalized spacial score (nSPS) is 16.8. The average molecular weight is 468 g/mol. The first-order chi connectivity index (χ1) is 16.0. The van der Waals surface area contributed by atoms with Crippen molar-refractivity contribution in [1.29, 1.82) is 0 Å². The SMILES string of the molecule is CC(Cc1cccs1)C(N)C(C)C(=O)NCCCC#Cc1cccc(OC2CCNCC2)c1. The van der Waals surface area contributed by atoms with Crippen molar-refractivity contribution < 1.29 is 9.53 Å². The van der Waals surface area contributed by atoms with E-state index in [0.717, 1.165) is 56.5 Å². The molecule has 1 fully saturated rings. The lowest BCUT2D eigenvalue weighted by Gasteiger charge is -2.25. The molecule has 1 aromatic heterocycles. The molecule has 33 heavy (non-hydrogen) atoms. The summed E-state index contributed by atoms with van der Waals surface area (Å²) < 4.78 is 6.09. The third kappa shape index (κ3) is 8.51. The zero-order valence-corrected chi connectivity index (χ0v) is 20.6. The van der Waals surface area contributed by atoms with Crippen molar-refractivity contribution in [2.24, 2.45) is 17.6 Å². The number of rotatable bonds is 10. The Kier molecular flexibility index (Phi) is 10.3. The molecule has 1 aromatic carbocycles. The number of benzene rings is 1. The summed E-state index contributed by atoms with van der Waals surface area (Å²) >= 11 is 1.74. The maximum atomic E-state index is 12.5. The van der Waals surface area contributed by atoms with Crippen LogP contribution in [-0.4, -0.2) is 37.7 Å². The molecule has 1 aliphatic heterocycles. The van der Waals surface area contributed by atoms with Crippen LogP contribution in [0, 0.1) is 23.7 Å². The maximum absolute atomic E-state index is 12.5. The van der Waals surface area contributed by atoms with Gasteiger partial charge in [-0.15, -0.1) is 11.3 Å². The molecule has 3 unspecified atom stereocenters. The van der Waals surface area contributed by atoms with Gasteiger partial charge in [0.1, 0.15) is 11.9 Å². The van der Waals surface area contributed by atoms with Gasteiger partial charge in [0.2, 0.25) is 5.91 Å². The van der Waals surface area contributed by atoms with Crippen molar-refractivity contribution in [1.82, 2.24) is 10.6 Å². The number of ether oxygens (including phenoxy) is 1. The topological polar surface area (TPSA) is 76.4 Å². The summed E-state index contributed by atoms with van der Waals surface area (Å²) in [4.78, 5) is 13.8. The Morgan fingerprint density at radius 2 is 2.09 bits per heavy atom. The van der Waals surface area contributed by atoms with Crippen molar-refractivity contribution in [3.8, 4) is 17.6 Å². The average Bonchev–Trinajstić information content (AvgIpc) is 3.34. The first-order valence-corrected chi connectivity index (χ1v) is 12.9. The number of carbonyl (C=O) groups is 1. The van der Waals surface area contributed by atoms with E-state index in [-0.39, 0.29) is 29.9 Å². The largest absolute Gasteiger partial charge is 0.490 e. The lowest BCUT2D eigenvalue weighted by molar-refractivity contribution is -0.125. The first-order valence-electron chi connectivity index (χ1n) is 12.0. The fourth-order valence-electron chi connectivity index (χ4n) is 4.02. The minimum Gasteiger partial charge on any atom is -0.490 e. The Bertz CT molecular complexity index is 913. The molecule has 1 amide bonds. The van der Waals surface area contributed by atoms with E-state index in [1.807, 2.05) is 31.2 Å². The number of nitrogens with two attached hydrogens (primary N) is 1. The molecule has 178 valence electrons. The van der Waals surface area contributed by atoms with Gasteiger partial charge in [-0.2, -0.15) is 0 Å². The molecular formula is C27H37N3O2S. The van der Waals surface area contributed by atoms with Crippen LogP contribution >= 0.6 is 11.3 Å². The Morgan fingerprint density at radius 1 is 1.27 bits per heavy atom. The highest BCUT2D eigenvalue weighted by Gasteiger charge is 2.25. The van der Waals surface area contributed by atoms with Crippen molar-refractivity contribution in [2.75, 3.05) is 19.6 Å². The summed E-state index contributed by atoms with van der Waals surface area (Å²) in [6.45, 7) is 6.68. The lowest BCUT2D eigenvalue weighted by atomic mass is 9.88. The summed E-state index contributed by atoms with van der Waals surface area (Å²) in [5.74, 6) is 7.38. The van der Waals surface area contributed by atoms with Gasteiger partial charge in [-0.1, -0.05) is 37.8 Å². The standard InChI is InChI=1S/C27H37N3O2S/c1-20(18-25-11-7-17-33-25)26(28)21(2)27(31)30-14-5-3-4-8-22-9-6-10-24(19-22)32-23-12-15-29-16-13-23/h6-7,9-11,17,19-21,23,26,29H,3,5,12-16,18,28H2,1-2H3,(H,30,31). The third-order valence-electron chi connectivity index (χ3n) is 6.18. The van der Waals surface area contributed by atoms with Gasteiger partial charge in [0, 0.05) is 29.4 Å². The van der Waals surface area contributed by atoms with Gasteiger partial charge in [-0.05, 0) is 74.3 Å². The summed E-state index contributed by atoms with van der Waals surface area (Å²) in [6.07, 6.45) is 4.83.